The summed E-state index contributed by atoms with van der Waals surface area (Å²) in [6.45, 7) is 11.2. The number of hydrogen-bond acceptors (Lipinski definition) is 2. The van der Waals surface area contributed by atoms with Crippen molar-refractivity contribution in [3.8, 4) is 0 Å². The van der Waals surface area contributed by atoms with Gasteiger partial charge in [-0.05, 0) is 24.6 Å². The lowest BCUT2D eigenvalue weighted by atomic mass is 10.2. The van der Waals surface area contributed by atoms with E-state index in [9.17, 15) is 0 Å². The first-order chi connectivity index (χ1) is 7.61. The van der Waals surface area contributed by atoms with Gasteiger partial charge in [0.15, 0.2) is 0 Å². The van der Waals surface area contributed by atoms with E-state index >= 15 is 0 Å². The van der Waals surface area contributed by atoms with Crippen LogP contribution in [-0.2, 0) is 6.54 Å². The molecule has 0 aliphatic rings. The van der Waals surface area contributed by atoms with Gasteiger partial charge in [-0.3, -0.25) is 0 Å². The summed E-state index contributed by atoms with van der Waals surface area (Å²) in [7, 11) is 0. The maximum Gasteiger partial charge on any atom is 0.0243 e. The summed E-state index contributed by atoms with van der Waals surface area (Å²) in [4.78, 5) is 1.32. The predicted molar refractivity (Wildman–Crippen MR) is 73.9 cm³/mol. The summed E-state index contributed by atoms with van der Waals surface area (Å²) < 4.78 is 0. The van der Waals surface area contributed by atoms with Gasteiger partial charge in [0, 0.05) is 22.7 Å². The van der Waals surface area contributed by atoms with E-state index in [1.807, 2.05) is 17.8 Å². The fourth-order valence-electron chi connectivity index (χ4n) is 1.31. The first-order valence-electron chi connectivity index (χ1n) is 5.73. The molecule has 0 spiro atoms. The number of hydrogen-bond donors (Lipinski definition) is 1. The summed E-state index contributed by atoms with van der Waals surface area (Å²) in [6, 6.07) is 9.22. The van der Waals surface area contributed by atoms with Crippen molar-refractivity contribution in [1.29, 1.82) is 0 Å². The Morgan fingerprint density at radius 1 is 1.38 bits per heavy atom. The maximum atomic E-state index is 3.81. The van der Waals surface area contributed by atoms with E-state index in [-0.39, 0.29) is 0 Å². The molecule has 0 fully saturated rings. The minimum atomic E-state index is 0.466. The van der Waals surface area contributed by atoms with E-state index in [1.54, 1.807) is 0 Å². The first kappa shape index (κ1) is 13.3. The van der Waals surface area contributed by atoms with Crippen molar-refractivity contribution in [2.45, 2.75) is 43.5 Å². The fourth-order valence-corrected chi connectivity index (χ4v) is 2.22. The van der Waals surface area contributed by atoms with Gasteiger partial charge in [-0.1, -0.05) is 32.1 Å². The van der Waals surface area contributed by atoms with Gasteiger partial charge in [-0.15, -0.1) is 18.3 Å². The van der Waals surface area contributed by atoms with Crippen molar-refractivity contribution >= 4 is 11.8 Å². The molecule has 1 atom stereocenters. The third-order valence-corrected chi connectivity index (χ3v) is 3.36. The van der Waals surface area contributed by atoms with Crippen molar-refractivity contribution in [3.05, 3.63) is 42.5 Å². The van der Waals surface area contributed by atoms with E-state index in [0.29, 0.717) is 11.3 Å². The van der Waals surface area contributed by atoms with Crippen LogP contribution in [0.15, 0.2) is 41.8 Å². The second-order valence-electron chi connectivity index (χ2n) is 4.24. The molecule has 1 nitrogen and oxygen atoms in total. The van der Waals surface area contributed by atoms with Gasteiger partial charge in [-0.2, -0.15) is 0 Å². The Morgan fingerprint density at radius 3 is 2.75 bits per heavy atom. The lowest BCUT2D eigenvalue weighted by Gasteiger charge is -2.10. The van der Waals surface area contributed by atoms with Crippen LogP contribution in [0, 0.1) is 0 Å². The molecule has 2 heteroatoms. The number of nitrogens with one attached hydrogen (secondary N) is 1. The minimum Gasteiger partial charge on any atom is -0.310 e. The number of rotatable bonds is 6. The van der Waals surface area contributed by atoms with E-state index in [1.165, 1.54) is 10.5 Å². The van der Waals surface area contributed by atoms with Crippen molar-refractivity contribution in [2.75, 3.05) is 0 Å². The summed E-state index contributed by atoms with van der Waals surface area (Å²) >= 11 is 1.85. The average Bonchev–Trinajstić information content (AvgIpc) is 2.26. The molecule has 1 aromatic rings. The van der Waals surface area contributed by atoms with Crippen LogP contribution >= 0.6 is 11.8 Å². The zero-order chi connectivity index (χ0) is 12.0. The van der Waals surface area contributed by atoms with Gasteiger partial charge in [0.05, 0.1) is 0 Å². The average molecular weight is 235 g/mol. The Balaban J connectivity index is 2.60. The van der Waals surface area contributed by atoms with Gasteiger partial charge in [-0.25, -0.2) is 0 Å². The molecule has 0 aromatic heterocycles. The topological polar surface area (TPSA) is 12.0 Å². The molecular formula is C14H21NS. The summed E-state index contributed by atoms with van der Waals surface area (Å²) in [6.07, 6.45) is 1.98. The molecular weight excluding hydrogens is 214 g/mol. The van der Waals surface area contributed by atoms with Crippen molar-refractivity contribution in [3.63, 3.8) is 0 Å². The van der Waals surface area contributed by atoms with Crippen LogP contribution in [0.25, 0.3) is 0 Å². The molecule has 1 N–H and O–H groups in total. The Labute approximate surface area is 103 Å². The highest BCUT2D eigenvalue weighted by atomic mass is 32.2. The van der Waals surface area contributed by atoms with E-state index in [4.69, 9.17) is 0 Å². The number of benzene rings is 1. The van der Waals surface area contributed by atoms with Gasteiger partial charge in [0.1, 0.15) is 0 Å². The Kier molecular flexibility index (Phi) is 5.64. The van der Waals surface area contributed by atoms with Crippen molar-refractivity contribution in [2.24, 2.45) is 0 Å². The first-order valence-corrected chi connectivity index (χ1v) is 6.61. The minimum absolute atomic E-state index is 0.466. The molecule has 1 aromatic carbocycles. The van der Waals surface area contributed by atoms with Gasteiger partial charge in [0.25, 0.3) is 0 Å². The van der Waals surface area contributed by atoms with Crippen molar-refractivity contribution in [1.82, 2.24) is 5.32 Å². The van der Waals surface area contributed by atoms with E-state index in [0.717, 1.165) is 6.54 Å². The fraction of sp³-hybridized carbons (Fsp3) is 0.429. The second kappa shape index (κ2) is 6.77. The largest absolute Gasteiger partial charge is 0.310 e. The molecule has 0 heterocycles. The van der Waals surface area contributed by atoms with Crippen LogP contribution in [0.4, 0.5) is 0 Å². The van der Waals surface area contributed by atoms with Crippen LogP contribution in [0.1, 0.15) is 26.3 Å². The molecule has 0 aliphatic carbocycles. The zero-order valence-electron chi connectivity index (χ0n) is 10.4. The van der Waals surface area contributed by atoms with E-state index in [2.05, 4.69) is 56.9 Å². The van der Waals surface area contributed by atoms with Gasteiger partial charge in [0.2, 0.25) is 0 Å². The summed E-state index contributed by atoms with van der Waals surface area (Å²) in [5.41, 5.74) is 1.34. The molecule has 0 saturated carbocycles. The zero-order valence-corrected chi connectivity index (χ0v) is 11.2. The lowest BCUT2D eigenvalue weighted by molar-refractivity contribution is 0.588. The summed E-state index contributed by atoms with van der Waals surface area (Å²) in [5.74, 6) is 0. The Hall–Kier alpha value is -0.730. The van der Waals surface area contributed by atoms with Crippen molar-refractivity contribution < 1.29 is 0 Å². The molecule has 1 unspecified atom stereocenters. The highest BCUT2D eigenvalue weighted by Gasteiger charge is 2.01. The van der Waals surface area contributed by atoms with Gasteiger partial charge >= 0.3 is 0 Å². The Morgan fingerprint density at radius 2 is 2.12 bits per heavy atom. The standard InChI is InChI=1S/C14H21NS/c1-5-12(4)16-14-8-6-7-13(9-14)10-15-11(2)3/h5-9,11-12,15H,1,10H2,2-4H3. The molecule has 1 rings (SSSR count). The van der Waals surface area contributed by atoms with Crippen LogP contribution in [-0.4, -0.2) is 11.3 Å². The molecule has 0 aliphatic heterocycles. The second-order valence-corrected chi connectivity index (χ2v) is 5.69. The predicted octanol–water partition coefficient (Wildman–Crippen LogP) is 3.85. The highest BCUT2D eigenvalue weighted by Crippen LogP contribution is 2.24. The van der Waals surface area contributed by atoms with Gasteiger partial charge < -0.3 is 5.32 Å². The third kappa shape index (κ3) is 4.86. The molecule has 0 amide bonds. The lowest BCUT2D eigenvalue weighted by Crippen LogP contribution is -2.21. The smallest absolute Gasteiger partial charge is 0.0243 e. The number of thioether (sulfide) groups is 1. The summed E-state index contributed by atoms with van der Waals surface area (Å²) in [5, 5.41) is 3.89. The Bertz CT molecular complexity index is 333. The van der Waals surface area contributed by atoms with Crippen LogP contribution in [0.3, 0.4) is 0 Å². The van der Waals surface area contributed by atoms with Crippen LogP contribution in [0.2, 0.25) is 0 Å². The molecule has 16 heavy (non-hydrogen) atoms. The molecule has 0 saturated heterocycles. The quantitative estimate of drug-likeness (QED) is 0.594. The molecule has 88 valence electrons. The monoisotopic (exact) mass is 235 g/mol. The molecule has 0 bridgehead atoms. The van der Waals surface area contributed by atoms with Crippen LogP contribution < -0.4 is 5.32 Å². The highest BCUT2D eigenvalue weighted by molar-refractivity contribution is 8.00. The van der Waals surface area contributed by atoms with E-state index < -0.39 is 0 Å². The SMILES string of the molecule is C=CC(C)Sc1cccc(CNC(C)C)c1. The third-order valence-electron chi connectivity index (χ3n) is 2.27. The maximum absolute atomic E-state index is 3.81. The normalized spacial score (nSPS) is 12.8. The molecule has 0 radical (unpaired) electrons. The van der Waals surface area contributed by atoms with Crippen LogP contribution in [0.5, 0.6) is 0 Å².